The van der Waals surface area contributed by atoms with Crippen molar-refractivity contribution >= 4 is 33.3 Å². The monoisotopic (exact) mass is 641 g/mol. The Bertz CT molecular complexity index is 1580. The van der Waals surface area contributed by atoms with Gasteiger partial charge in [-0.1, -0.05) is 46.3 Å². The van der Waals surface area contributed by atoms with Crippen molar-refractivity contribution in [3.05, 3.63) is 71.1 Å². The predicted molar refractivity (Wildman–Crippen MR) is 167 cm³/mol. The van der Waals surface area contributed by atoms with Gasteiger partial charge in [0.05, 0.1) is 10.6 Å². The van der Waals surface area contributed by atoms with E-state index in [1.807, 2.05) is 13.0 Å². The van der Waals surface area contributed by atoms with Gasteiger partial charge in [0.25, 0.3) is 5.56 Å². The van der Waals surface area contributed by atoms with Crippen LogP contribution >= 0.6 is 0 Å². The van der Waals surface area contributed by atoms with Crippen molar-refractivity contribution in [2.45, 2.75) is 57.9 Å². The van der Waals surface area contributed by atoms with Gasteiger partial charge in [-0.15, -0.1) is 5.11 Å². The lowest BCUT2D eigenvalue weighted by atomic mass is 9.99. The number of esters is 2. The molecule has 0 saturated heterocycles. The summed E-state index contributed by atoms with van der Waals surface area (Å²) in [6.45, 7) is 11.4. The molecule has 0 bridgehead atoms. The first-order valence-corrected chi connectivity index (χ1v) is 15.9. The summed E-state index contributed by atoms with van der Waals surface area (Å²) in [5.74, 6) is -1.73. The Balaban J connectivity index is 2.37. The number of ether oxygens (including phenoxy) is 2. The molecule has 0 radical (unpaired) electrons. The zero-order chi connectivity index (χ0) is 33.6. The van der Waals surface area contributed by atoms with Crippen LogP contribution in [0.15, 0.2) is 69.5 Å². The molecule has 2 rings (SSSR count). The second kappa shape index (κ2) is 17.6. The minimum absolute atomic E-state index is 0.0393. The van der Waals surface area contributed by atoms with Gasteiger partial charge in [-0.3, -0.25) is 9.36 Å². The first-order chi connectivity index (χ1) is 21.4. The van der Waals surface area contributed by atoms with Gasteiger partial charge in [-0.25, -0.2) is 18.0 Å². The van der Waals surface area contributed by atoms with Crippen molar-refractivity contribution in [3.63, 3.8) is 0 Å². The minimum Gasteiger partial charge on any atom is -0.493 e. The summed E-state index contributed by atoms with van der Waals surface area (Å²) < 4.78 is 38.7. The maximum Gasteiger partial charge on any atom is 0.330 e. The quantitative estimate of drug-likeness (QED) is 0.136. The van der Waals surface area contributed by atoms with Crippen LogP contribution in [0.3, 0.4) is 0 Å². The number of pyridine rings is 1. The van der Waals surface area contributed by atoms with Gasteiger partial charge < -0.3 is 14.6 Å². The van der Waals surface area contributed by atoms with Crippen LogP contribution in [0.4, 0.5) is 11.4 Å². The zero-order valence-corrected chi connectivity index (χ0v) is 26.6. The molecule has 14 heteroatoms. The van der Waals surface area contributed by atoms with Gasteiger partial charge in [0, 0.05) is 37.3 Å². The molecule has 1 atom stereocenters. The number of carbonyl (C=O) groups excluding carboxylic acids is 2. The number of nitriles is 1. The first-order valence-electron chi connectivity index (χ1n) is 14.4. The van der Waals surface area contributed by atoms with Crippen molar-refractivity contribution in [1.82, 2.24) is 8.87 Å². The molecule has 13 nitrogen and oxygen atoms in total. The van der Waals surface area contributed by atoms with Gasteiger partial charge in [0.1, 0.15) is 24.8 Å². The van der Waals surface area contributed by atoms with Crippen LogP contribution in [0, 0.1) is 24.2 Å². The van der Waals surface area contributed by atoms with Gasteiger partial charge in [-0.05, 0) is 43.5 Å². The van der Waals surface area contributed by atoms with E-state index in [0.29, 0.717) is 0 Å². The number of nitrogens with zero attached hydrogens (tertiary/aromatic N) is 5. The van der Waals surface area contributed by atoms with Crippen LogP contribution in [0.25, 0.3) is 0 Å². The van der Waals surface area contributed by atoms with Crippen LogP contribution in [0.1, 0.15) is 50.7 Å². The molecule has 0 saturated carbocycles. The molecule has 2 aromatic rings. The van der Waals surface area contributed by atoms with E-state index in [9.17, 15) is 33.2 Å². The zero-order valence-electron chi connectivity index (χ0n) is 25.8. The van der Waals surface area contributed by atoms with Crippen LogP contribution in [0.2, 0.25) is 0 Å². The summed E-state index contributed by atoms with van der Waals surface area (Å²) in [6, 6.07) is 7.25. The average molecular weight is 642 g/mol. The fourth-order valence-corrected chi connectivity index (χ4v) is 5.72. The van der Waals surface area contributed by atoms with Crippen molar-refractivity contribution < 1.29 is 32.6 Å². The van der Waals surface area contributed by atoms with Crippen LogP contribution in [0.5, 0.6) is 5.88 Å². The second-order valence-corrected chi connectivity index (χ2v) is 11.9. The molecule has 0 aliphatic rings. The highest BCUT2D eigenvalue weighted by Gasteiger charge is 2.25. The lowest BCUT2D eigenvalue weighted by Crippen LogP contribution is -2.37. The van der Waals surface area contributed by atoms with E-state index in [2.05, 4.69) is 30.3 Å². The fourth-order valence-electron chi connectivity index (χ4n) is 4.31. The number of benzene rings is 1. The van der Waals surface area contributed by atoms with Crippen molar-refractivity contribution in [2.75, 3.05) is 26.3 Å². The normalized spacial score (nSPS) is 12.1. The van der Waals surface area contributed by atoms with Gasteiger partial charge in [0.2, 0.25) is 15.9 Å². The summed E-state index contributed by atoms with van der Waals surface area (Å²) in [5.41, 5.74) is -0.386. The standard InChI is InChI=1S/C31H39N5O8S/c1-6-10-11-23(7-2)21-36-30(39)26(20-32)22(5)29(31(36)40)34-33-24-12-14-25(15-13-24)45(41,42)35(16-18-43-27(37)8-3)17-19-44-28(38)9-4/h8-9,12-15,23,40H,3-4,6-7,10-11,16-19,21H2,1-2,5H3/b34-33+. The lowest BCUT2D eigenvalue weighted by Gasteiger charge is -2.22. The SMILES string of the molecule is C=CC(=O)OCCN(CCOC(=O)C=C)S(=O)(=O)c1ccc(/N=N/c2c(C)c(C#N)c(=O)n(CC(CC)CCCC)c2O)cc1. The Morgan fingerprint density at radius 1 is 1.09 bits per heavy atom. The smallest absolute Gasteiger partial charge is 0.330 e. The van der Waals surface area contributed by atoms with E-state index in [-0.39, 0.29) is 66.2 Å². The molecule has 45 heavy (non-hydrogen) atoms. The molecule has 0 amide bonds. The molecule has 1 heterocycles. The number of hydrogen-bond acceptors (Lipinski definition) is 11. The summed E-state index contributed by atoms with van der Waals surface area (Å²) in [6.07, 6.45) is 5.49. The lowest BCUT2D eigenvalue weighted by molar-refractivity contribution is -0.137. The van der Waals surface area contributed by atoms with Gasteiger partial charge >= 0.3 is 11.9 Å². The highest BCUT2D eigenvalue weighted by atomic mass is 32.2. The van der Waals surface area contributed by atoms with E-state index in [4.69, 9.17) is 9.47 Å². The largest absolute Gasteiger partial charge is 0.493 e. The third-order valence-electron chi connectivity index (χ3n) is 7.00. The minimum atomic E-state index is -4.14. The summed E-state index contributed by atoms with van der Waals surface area (Å²) >= 11 is 0. The Labute approximate surface area is 263 Å². The topological polar surface area (TPSA) is 181 Å². The summed E-state index contributed by atoms with van der Waals surface area (Å²) in [5, 5.41) is 28.9. The molecule has 0 aliphatic heterocycles. The maximum atomic E-state index is 13.4. The number of azo groups is 1. The molecule has 0 fully saturated rings. The summed E-state index contributed by atoms with van der Waals surface area (Å²) in [4.78, 5) is 35.7. The Kier molecular flexibility index (Phi) is 14.3. The Morgan fingerprint density at radius 3 is 2.16 bits per heavy atom. The first kappa shape index (κ1) is 36.6. The molecule has 0 spiro atoms. The van der Waals surface area contributed by atoms with Crippen molar-refractivity contribution in [2.24, 2.45) is 16.1 Å². The number of aromatic hydroxyl groups is 1. The number of sulfonamides is 1. The van der Waals surface area contributed by atoms with E-state index in [0.717, 1.165) is 46.7 Å². The number of hydrogen-bond donors (Lipinski definition) is 1. The molecule has 242 valence electrons. The van der Waals surface area contributed by atoms with Crippen LogP contribution in [-0.2, 0) is 35.6 Å². The number of rotatable bonds is 18. The predicted octanol–water partition coefficient (Wildman–Crippen LogP) is 4.81. The molecule has 1 aromatic heterocycles. The van der Waals surface area contributed by atoms with E-state index in [1.165, 1.54) is 31.2 Å². The number of aromatic nitrogens is 1. The third kappa shape index (κ3) is 9.95. The second-order valence-electron chi connectivity index (χ2n) is 9.96. The molecule has 1 aromatic carbocycles. The van der Waals surface area contributed by atoms with Crippen molar-refractivity contribution in [3.8, 4) is 11.9 Å². The number of unbranched alkanes of at least 4 members (excludes halogenated alkanes) is 1. The number of carbonyl (C=O) groups is 2. The maximum absolute atomic E-state index is 13.4. The van der Waals surface area contributed by atoms with E-state index in [1.54, 1.807) is 0 Å². The van der Waals surface area contributed by atoms with Gasteiger partial charge in [-0.2, -0.15) is 14.7 Å². The van der Waals surface area contributed by atoms with Crippen molar-refractivity contribution in [1.29, 1.82) is 5.26 Å². The molecular formula is C31H39N5O8S. The van der Waals surface area contributed by atoms with Crippen LogP contribution in [-0.4, -0.2) is 60.6 Å². The van der Waals surface area contributed by atoms with E-state index >= 15 is 0 Å². The molecule has 1 N–H and O–H groups in total. The Morgan fingerprint density at radius 2 is 1.67 bits per heavy atom. The molecule has 1 unspecified atom stereocenters. The third-order valence-corrected chi connectivity index (χ3v) is 8.91. The van der Waals surface area contributed by atoms with Gasteiger partial charge in [0.15, 0.2) is 5.69 Å². The van der Waals surface area contributed by atoms with Crippen LogP contribution < -0.4 is 5.56 Å². The van der Waals surface area contributed by atoms with E-state index < -0.39 is 33.4 Å². The highest BCUT2D eigenvalue weighted by Crippen LogP contribution is 2.33. The summed E-state index contributed by atoms with van der Waals surface area (Å²) in [7, 11) is -4.14. The molecular weight excluding hydrogens is 602 g/mol. The average Bonchev–Trinajstić information content (AvgIpc) is 3.03. The fraction of sp³-hybridized carbons (Fsp3) is 0.419. The highest BCUT2D eigenvalue weighted by molar-refractivity contribution is 7.89. The molecule has 0 aliphatic carbocycles. The Hall–Kier alpha value is -4.61.